The molecule has 7 nitrogen and oxygen atoms in total. The Kier molecular flexibility index (Phi) is 6.15. The van der Waals surface area contributed by atoms with Crippen LogP contribution < -0.4 is 5.32 Å². The lowest BCUT2D eigenvalue weighted by molar-refractivity contribution is -0.126. The average Bonchev–Trinajstić information content (AvgIpc) is 2.50. The zero-order valence-electron chi connectivity index (χ0n) is 13.3. The van der Waals surface area contributed by atoms with Crippen molar-refractivity contribution in [3.05, 3.63) is 23.3 Å². The van der Waals surface area contributed by atoms with Crippen LogP contribution in [0, 0.1) is 11.3 Å². The molecule has 1 aromatic carbocycles. The molecule has 0 atom stereocenters. The number of phenolic OH excluding ortho intramolecular Hbond substituents is 2. The van der Waals surface area contributed by atoms with Crippen LogP contribution in [0.1, 0.15) is 26.3 Å². The van der Waals surface area contributed by atoms with Gasteiger partial charge < -0.3 is 20.4 Å². The van der Waals surface area contributed by atoms with Crippen molar-refractivity contribution < 1.29 is 19.8 Å². The van der Waals surface area contributed by atoms with E-state index in [0.717, 1.165) is 0 Å². The number of likely N-dealkylation sites (N-methyl/N-ethyl adjacent to an activating group) is 1. The molecule has 1 aromatic rings. The molecule has 0 aromatic heterocycles. The van der Waals surface area contributed by atoms with E-state index in [1.54, 1.807) is 13.8 Å². The van der Waals surface area contributed by atoms with E-state index >= 15 is 0 Å². The zero-order valence-corrected chi connectivity index (χ0v) is 13.3. The van der Waals surface area contributed by atoms with Gasteiger partial charge in [0.25, 0.3) is 5.91 Å². The van der Waals surface area contributed by atoms with E-state index in [-0.39, 0.29) is 11.3 Å². The van der Waals surface area contributed by atoms with E-state index in [0.29, 0.717) is 18.7 Å². The summed E-state index contributed by atoms with van der Waals surface area (Å²) >= 11 is 0. The van der Waals surface area contributed by atoms with Crippen LogP contribution in [-0.4, -0.2) is 40.0 Å². The van der Waals surface area contributed by atoms with Gasteiger partial charge in [-0.05, 0) is 37.6 Å². The number of anilines is 1. The van der Waals surface area contributed by atoms with Gasteiger partial charge in [-0.3, -0.25) is 9.59 Å². The van der Waals surface area contributed by atoms with E-state index in [1.165, 1.54) is 30.0 Å². The Balaban J connectivity index is 3.29. The summed E-state index contributed by atoms with van der Waals surface area (Å²) in [6.07, 6.45) is 1.30. The van der Waals surface area contributed by atoms with Crippen LogP contribution >= 0.6 is 0 Å². The molecule has 0 spiro atoms. The average molecular weight is 317 g/mol. The summed E-state index contributed by atoms with van der Waals surface area (Å²) in [6.45, 7) is 5.79. The monoisotopic (exact) mass is 317 g/mol. The van der Waals surface area contributed by atoms with E-state index in [2.05, 4.69) is 5.32 Å². The Hall–Kier alpha value is -3.01. The van der Waals surface area contributed by atoms with Crippen molar-refractivity contribution >= 4 is 23.6 Å². The van der Waals surface area contributed by atoms with Crippen LogP contribution in [0.3, 0.4) is 0 Å². The standard InChI is InChI=1S/C16H19N3O4/c1-4-19(5-2)16(23)12(9-17)6-11-7-13(18-10(3)20)15(22)14(21)8-11/h6-8,21-22H,4-5H2,1-3H3,(H,18,20)/b12-6+. The maximum absolute atomic E-state index is 12.2. The van der Waals surface area contributed by atoms with Crippen LogP contribution in [-0.2, 0) is 9.59 Å². The van der Waals surface area contributed by atoms with Crippen molar-refractivity contribution in [3.63, 3.8) is 0 Å². The lowest BCUT2D eigenvalue weighted by Crippen LogP contribution is -2.31. The Morgan fingerprint density at radius 1 is 1.30 bits per heavy atom. The normalized spacial score (nSPS) is 10.8. The third kappa shape index (κ3) is 4.48. The molecule has 0 aliphatic rings. The van der Waals surface area contributed by atoms with Crippen LogP contribution in [0.4, 0.5) is 5.69 Å². The first kappa shape index (κ1) is 18.0. The molecule has 0 heterocycles. The fraction of sp³-hybridized carbons (Fsp3) is 0.312. The summed E-state index contributed by atoms with van der Waals surface area (Å²) in [5.41, 5.74) is 0.199. The highest BCUT2D eigenvalue weighted by Gasteiger charge is 2.16. The number of benzene rings is 1. The quantitative estimate of drug-likeness (QED) is 0.435. The molecule has 23 heavy (non-hydrogen) atoms. The van der Waals surface area contributed by atoms with Gasteiger partial charge in [0, 0.05) is 20.0 Å². The fourth-order valence-corrected chi connectivity index (χ4v) is 2.00. The van der Waals surface area contributed by atoms with Crippen LogP contribution in [0.25, 0.3) is 6.08 Å². The SMILES string of the molecule is CCN(CC)C(=O)/C(C#N)=C/c1cc(O)c(O)c(NC(C)=O)c1. The van der Waals surface area contributed by atoms with Crippen LogP contribution in [0.15, 0.2) is 17.7 Å². The molecule has 0 aliphatic carbocycles. The third-order valence-corrected chi connectivity index (χ3v) is 3.14. The number of nitrogens with zero attached hydrogens (tertiary/aromatic N) is 2. The molecule has 0 bridgehead atoms. The third-order valence-electron chi connectivity index (χ3n) is 3.14. The van der Waals surface area contributed by atoms with Crippen molar-refractivity contribution in [1.29, 1.82) is 5.26 Å². The maximum Gasteiger partial charge on any atom is 0.264 e. The van der Waals surface area contributed by atoms with E-state index in [4.69, 9.17) is 0 Å². The number of carbonyl (C=O) groups excluding carboxylic acids is 2. The van der Waals surface area contributed by atoms with Gasteiger partial charge >= 0.3 is 0 Å². The van der Waals surface area contributed by atoms with E-state index in [1.807, 2.05) is 6.07 Å². The second kappa shape index (κ2) is 7.84. The fourth-order valence-electron chi connectivity index (χ4n) is 2.00. The van der Waals surface area contributed by atoms with Crippen molar-refractivity contribution in [2.24, 2.45) is 0 Å². The van der Waals surface area contributed by atoms with Crippen molar-refractivity contribution in [1.82, 2.24) is 4.90 Å². The second-order valence-electron chi connectivity index (χ2n) is 4.76. The molecule has 122 valence electrons. The molecule has 0 radical (unpaired) electrons. The molecule has 0 aliphatic heterocycles. The summed E-state index contributed by atoms with van der Waals surface area (Å²) in [5, 5.41) is 31.0. The van der Waals surface area contributed by atoms with Gasteiger partial charge in [-0.2, -0.15) is 5.26 Å². The zero-order chi connectivity index (χ0) is 17.6. The molecule has 7 heteroatoms. The van der Waals surface area contributed by atoms with Gasteiger partial charge in [-0.15, -0.1) is 0 Å². The summed E-state index contributed by atoms with van der Waals surface area (Å²) < 4.78 is 0. The van der Waals surface area contributed by atoms with Crippen LogP contribution in [0.5, 0.6) is 11.5 Å². The lowest BCUT2D eigenvalue weighted by atomic mass is 10.1. The highest BCUT2D eigenvalue weighted by atomic mass is 16.3. The van der Waals surface area contributed by atoms with E-state index in [9.17, 15) is 25.1 Å². The van der Waals surface area contributed by atoms with Crippen LogP contribution in [0.2, 0.25) is 0 Å². The Labute approximate surface area is 134 Å². The summed E-state index contributed by atoms with van der Waals surface area (Å²) in [7, 11) is 0. The molecule has 0 saturated heterocycles. The number of amides is 2. The van der Waals surface area contributed by atoms with Gasteiger partial charge in [0.05, 0.1) is 5.69 Å². The Morgan fingerprint density at radius 3 is 2.39 bits per heavy atom. The largest absolute Gasteiger partial charge is 0.504 e. The highest BCUT2D eigenvalue weighted by molar-refractivity contribution is 6.02. The minimum absolute atomic E-state index is 0.00340. The molecule has 2 amide bonds. The number of nitriles is 1. The molecule has 1 rings (SSSR count). The first-order valence-corrected chi connectivity index (χ1v) is 7.08. The summed E-state index contributed by atoms with van der Waals surface area (Å²) in [6, 6.07) is 4.40. The van der Waals surface area contributed by atoms with Crippen molar-refractivity contribution in [3.8, 4) is 17.6 Å². The minimum atomic E-state index is -0.481. The Bertz CT molecular complexity index is 685. The number of hydrogen-bond acceptors (Lipinski definition) is 5. The number of phenols is 2. The molecular weight excluding hydrogens is 298 g/mol. The summed E-state index contributed by atoms with van der Waals surface area (Å²) in [5.74, 6) is -1.80. The first-order valence-electron chi connectivity index (χ1n) is 7.08. The van der Waals surface area contributed by atoms with Gasteiger partial charge in [-0.25, -0.2) is 0 Å². The van der Waals surface area contributed by atoms with Gasteiger partial charge in [-0.1, -0.05) is 0 Å². The van der Waals surface area contributed by atoms with Crippen molar-refractivity contribution in [2.45, 2.75) is 20.8 Å². The molecule has 0 unspecified atom stereocenters. The second-order valence-corrected chi connectivity index (χ2v) is 4.76. The van der Waals surface area contributed by atoms with Gasteiger partial charge in [0.1, 0.15) is 11.6 Å². The smallest absolute Gasteiger partial charge is 0.264 e. The number of aromatic hydroxyl groups is 2. The molecule has 0 saturated carbocycles. The number of nitrogens with one attached hydrogen (secondary N) is 1. The maximum atomic E-state index is 12.2. The topological polar surface area (TPSA) is 114 Å². The lowest BCUT2D eigenvalue weighted by Gasteiger charge is -2.17. The van der Waals surface area contributed by atoms with E-state index < -0.39 is 23.3 Å². The number of carbonyl (C=O) groups is 2. The van der Waals surface area contributed by atoms with Gasteiger partial charge in [0.2, 0.25) is 5.91 Å². The number of hydrogen-bond donors (Lipinski definition) is 3. The molecule has 0 fully saturated rings. The Morgan fingerprint density at radius 2 is 1.91 bits per heavy atom. The van der Waals surface area contributed by atoms with Crippen molar-refractivity contribution in [2.75, 3.05) is 18.4 Å². The molecule has 3 N–H and O–H groups in total. The first-order chi connectivity index (χ1) is 10.8. The number of rotatable bonds is 5. The summed E-state index contributed by atoms with van der Waals surface area (Å²) in [4.78, 5) is 24.8. The predicted octanol–water partition coefficient (Wildman–Crippen LogP) is 1.83. The minimum Gasteiger partial charge on any atom is -0.504 e. The highest BCUT2D eigenvalue weighted by Crippen LogP contribution is 2.35. The van der Waals surface area contributed by atoms with Gasteiger partial charge in [0.15, 0.2) is 11.5 Å². The molecular formula is C16H19N3O4. The predicted molar refractivity (Wildman–Crippen MR) is 85.6 cm³/mol.